The molecule has 5 rings (SSSR count). The van der Waals surface area contributed by atoms with E-state index in [-0.39, 0.29) is 11.9 Å². The molecule has 1 N–H and O–H groups in total. The maximum absolute atomic E-state index is 14.4. The third kappa shape index (κ3) is 7.23. The minimum Gasteiger partial charge on any atom is -0.493 e. The Morgan fingerprint density at radius 2 is 1.91 bits per heavy atom. The van der Waals surface area contributed by atoms with Gasteiger partial charge in [0.15, 0.2) is 11.5 Å². The van der Waals surface area contributed by atoms with E-state index >= 15 is 0 Å². The van der Waals surface area contributed by atoms with Crippen LogP contribution in [0.25, 0.3) is 6.08 Å². The molecule has 3 aliphatic rings. The predicted octanol–water partition coefficient (Wildman–Crippen LogP) is 6.43. The van der Waals surface area contributed by atoms with E-state index in [4.69, 9.17) is 19.2 Å². The van der Waals surface area contributed by atoms with Crippen molar-refractivity contribution < 1.29 is 19.0 Å². The van der Waals surface area contributed by atoms with E-state index in [0.29, 0.717) is 35.9 Å². The number of hydrogen-bond acceptors (Lipinski definition) is 7. The van der Waals surface area contributed by atoms with Gasteiger partial charge in [0.1, 0.15) is 0 Å². The lowest BCUT2D eigenvalue weighted by Crippen LogP contribution is -2.58. The maximum Gasteiger partial charge on any atom is 0.254 e. The lowest BCUT2D eigenvalue weighted by molar-refractivity contribution is -0.0439. The highest BCUT2D eigenvalue weighted by Crippen LogP contribution is 2.47. The van der Waals surface area contributed by atoms with Gasteiger partial charge in [0.25, 0.3) is 5.91 Å². The van der Waals surface area contributed by atoms with Crippen LogP contribution in [0.2, 0.25) is 0 Å². The van der Waals surface area contributed by atoms with Gasteiger partial charge in [-0.1, -0.05) is 53.3 Å². The number of ether oxygens (including phenoxy) is 3. The summed E-state index contributed by atoms with van der Waals surface area (Å²) in [6.07, 6.45) is 4.96. The Hall–Kier alpha value is -3.10. The second-order valence-corrected chi connectivity index (χ2v) is 12.4. The van der Waals surface area contributed by atoms with Crippen LogP contribution < -0.4 is 19.5 Å². The van der Waals surface area contributed by atoms with Crippen molar-refractivity contribution in [2.75, 3.05) is 39.8 Å². The van der Waals surface area contributed by atoms with Gasteiger partial charge in [-0.25, -0.2) is 0 Å². The van der Waals surface area contributed by atoms with Gasteiger partial charge in [0.05, 0.1) is 19.3 Å². The van der Waals surface area contributed by atoms with Crippen molar-refractivity contribution in [3.05, 3.63) is 53.4 Å². The molecule has 2 aliphatic heterocycles. The maximum atomic E-state index is 14.4. The number of hydrogen-bond donors (Lipinski definition) is 1. The van der Waals surface area contributed by atoms with Crippen LogP contribution >= 0.6 is 0 Å². The minimum absolute atomic E-state index is 0.0729. The molecule has 2 fully saturated rings. The number of nitrogens with zero attached hydrogens (tertiary/aromatic N) is 3. The first-order valence-corrected chi connectivity index (χ1v) is 16.6. The number of amides is 1. The van der Waals surface area contributed by atoms with Gasteiger partial charge in [-0.2, -0.15) is 0 Å². The second kappa shape index (κ2) is 14.8. The molecule has 2 unspecified atom stereocenters. The third-order valence-electron chi connectivity index (χ3n) is 9.35. The Morgan fingerprint density at radius 1 is 1.18 bits per heavy atom. The zero-order valence-electron chi connectivity index (χ0n) is 28.2. The van der Waals surface area contributed by atoms with Gasteiger partial charge in [-0.05, 0) is 80.4 Å². The molecule has 3 heterocycles. The van der Waals surface area contributed by atoms with Crippen molar-refractivity contribution in [2.45, 2.75) is 86.1 Å². The van der Waals surface area contributed by atoms with Crippen LogP contribution in [0.5, 0.6) is 17.2 Å². The Balaban J connectivity index is 0.00000216. The zero-order chi connectivity index (χ0) is 32.0. The average Bonchev–Trinajstić information content (AvgIpc) is 3.37. The van der Waals surface area contributed by atoms with Gasteiger partial charge in [-0.15, -0.1) is 0 Å². The number of aromatic nitrogens is 1. The van der Waals surface area contributed by atoms with E-state index in [2.05, 4.69) is 43.6 Å². The summed E-state index contributed by atoms with van der Waals surface area (Å²) < 4.78 is 17.6. The first kappa shape index (κ1) is 33.8. The SMILES string of the molecule is C=Cc1ccc(CN(C[C@H](CC)N(CC)CC2C3CNC[C@@H]2C3)C(=O)c2cc(OC)c3c(c2)OC(C)(C)O3)nc1CC.CC. The summed E-state index contributed by atoms with van der Waals surface area (Å²) in [4.78, 5) is 23.9. The van der Waals surface area contributed by atoms with Gasteiger partial charge in [0.2, 0.25) is 11.5 Å². The van der Waals surface area contributed by atoms with Crippen molar-refractivity contribution in [2.24, 2.45) is 17.8 Å². The van der Waals surface area contributed by atoms with E-state index in [1.165, 1.54) is 6.42 Å². The normalized spacial score (nSPS) is 21.5. The highest BCUT2D eigenvalue weighted by atomic mass is 16.7. The largest absolute Gasteiger partial charge is 0.493 e. The predicted molar refractivity (Wildman–Crippen MR) is 177 cm³/mol. The molecule has 1 aliphatic carbocycles. The molecule has 1 saturated heterocycles. The summed E-state index contributed by atoms with van der Waals surface area (Å²) in [5.41, 5.74) is 3.42. The van der Waals surface area contributed by atoms with E-state index < -0.39 is 5.79 Å². The highest BCUT2D eigenvalue weighted by molar-refractivity contribution is 5.95. The summed E-state index contributed by atoms with van der Waals surface area (Å²) in [6, 6.07) is 7.86. The van der Waals surface area contributed by atoms with Crippen LogP contribution in [-0.2, 0) is 13.0 Å². The molecular formula is C36H54N4O4. The highest BCUT2D eigenvalue weighted by Gasteiger charge is 2.44. The number of pyridine rings is 1. The number of nitrogens with one attached hydrogen (secondary N) is 1. The topological polar surface area (TPSA) is 76.2 Å². The number of rotatable bonds is 13. The fourth-order valence-electron chi connectivity index (χ4n) is 6.98. The molecule has 1 amide bonds. The number of carbonyl (C=O) groups is 1. The molecular weight excluding hydrogens is 552 g/mol. The molecule has 1 aromatic carbocycles. The van der Waals surface area contributed by atoms with Crippen LogP contribution in [0.15, 0.2) is 30.8 Å². The van der Waals surface area contributed by atoms with E-state index in [9.17, 15) is 4.79 Å². The Kier molecular flexibility index (Phi) is 11.4. The minimum atomic E-state index is -0.825. The number of aryl methyl sites for hydroxylation is 1. The van der Waals surface area contributed by atoms with Crippen molar-refractivity contribution in [3.8, 4) is 17.2 Å². The number of carbonyl (C=O) groups excluding carboxylic acids is 1. The summed E-state index contributed by atoms with van der Waals surface area (Å²) in [5, 5.41) is 3.58. The van der Waals surface area contributed by atoms with E-state index in [1.54, 1.807) is 19.2 Å². The quantitative estimate of drug-likeness (QED) is 0.282. The van der Waals surface area contributed by atoms with Crippen LogP contribution in [0.4, 0.5) is 0 Å². The first-order valence-electron chi connectivity index (χ1n) is 16.6. The van der Waals surface area contributed by atoms with Gasteiger partial charge in [-0.3, -0.25) is 14.7 Å². The molecule has 1 aromatic heterocycles. The smallest absolute Gasteiger partial charge is 0.254 e. The monoisotopic (exact) mass is 606 g/mol. The number of fused-ring (bicyclic) bond motifs is 3. The molecule has 1 saturated carbocycles. The Bertz CT molecular complexity index is 1280. The van der Waals surface area contributed by atoms with Crippen LogP contribution in [-0.4, -0.2) is 72.4 Å². The summed E-state index contributed by atoms with van der Waals surface area (Å²) >= 11 is 0. The van der Waals surface area contributed by atoms with Crippen LogP contribution in [0.1, 0.15) is 88.6 Å². The Morgan fingerprint density at radius 3 is 2.50 bits per heavy atom. The van der Waals surface area contributed by atoms with Gasteiger partial charge in [0, 0.05) is 44.2 Å². The van der Waals surface area contributed by atoms with Crippen molar-refractivity contribution in [3.63, 3.8) is 0 Å². The van der Waals surface area contributed by atoms with Gasteiger partial charge < -0.3 is 24.4 Å². The van der Waals surface area contributed by atoms with Crippen molar-refractivity contribution in [1.82, 2.24) is 20.1 Å². The first-order chi connectivity index (χ1) is 21.2. The number of benzene rings is 1. The lowest BCUT2D eigenvalue weighted by atomic mass is 9.62. The van der Waals surface area contributed by atoms with E-state index in [1.807, 2.05) is 44.7 Å². The van der Waals surface area contributed by atoms with E-state index in [0.717, 1.165) is 73.7 Å². The van der Waals surface area contributed by atoms with Crippen LogP contribution in [0.3, 0.4) is 0 Å². The van der Waals surface area contributed by atoms with Crippen molar-refractivity contribution in [1.29, 1.82) is 0 Å². The molecule has 8 nitrogen and oxygen atoms in total. The zero-order valence-corrected chi connectivity index (χ0v) is 28.2. The number of piperidine rings is 2. The molecule has 44 heavy (non-hydrogen) atoms. The number of likely N-dealkylation sites (N-methyl/N-ethyl adjacent to an activating group) is 1. The molecule has 8 heteroatoms. The lowest BCUT2D eigenvalue weighted by Gasteiger charge is -2.52. The molecule has 2 bridgehead atoms. The van der Waals surface area contributed by atoms with Crippen LogP contribution in [0, 0.1) is 17.8 Å². The number of methoxy groups -OCH3 is 1. The summed E-state index contributed by atoms with van der Waals surface area (Å²) in [7, 11) is 1.59. The molecule has 4 atom stereocenters. The fraction of sp³-hybridized carbons (Fsp3) is 0.611. The second-order valence-electron chi connectivity index (χ2n) is 12.4. The standard InChI is InChI=1S/C34H48N4O4.C2H6/c1-8-22-12-13-26(36-29(22)10-3)19-38(20-27(9-2)37(11-4)21-28-24-14-25(28)18-35-17-24)33(39)23-15-30(40-7)32-31(16-23)41-34(5,6)42-32;1-2/h8,12-13,15-16,24-25,27-28,35H,1,9-11,14,17-21H2,2-7H3;1-2H3/t24-,25?,27-,28?;/m0./s1. The summed E-state index contributed by atoms with van der Waals surface area (Å²) in [6.45, 7) is 23.6. The van der Waals surface area contributed by atoms with Gasteiger partial charge >= 0.3 is 0 Å². The third-order valence-corrected chi connectivity index (χ3v) is 9.35. The fourth-order valence-corrected chi connectivity index (χ4v) is 6.98. The summed E-state index contributed by atoms with van der Waals surface area (Å²) in [5.74, 6) is 2.95. The van der Waals surface area contributed by atoms with Crippen molar-refractivity contribution >= 4 is 12.0 Å². The molecule has 242 valence electrons. The average molecular weight is 607 g/mol. The molecule has 0 spiro atoms. The molecule has 0 radical (unpaired) electrons. The Labute approximate surface area is 265 Å². The molecule has 2 aromatic rings.